The molecule has 1 heterocycles. The van der Waals surface area contributed by atoms with Crippen LogP contribution in [0.1, 0.15) is 25.7 Å². The van der Waals surface area contributed by atoms with Crippen molar-refractivity contribution in [3.05, 3.63) is 0 Å². The van der Waals surface area contributed by atoms with Gasteiger partial charge in [0.1, 0.15) is 5.54 Å². The average Bonchev–Trinajstić information content (AvgIpc) is 2.50. The van der Waals surface area contributed by atoms with Gasteiger partial charge in [0.25, 0.3) is 0 Å². The molecule has 1 aliphatic heterocycles. The van der Waals surface area contributed by atoms with E-state index in [-0.39, 0.29) is 6.61 Å². The Hall–Kier alpha value is -0.610. The van der Waals surface area contributed by atoms with Crippen LogP contribution in [-0.2, 0) is 4.79 Å². The van der Waals surface area contributed by atoms with Crippen molar-refractivity contribution >= 4 is 5.97 Å². The Kier molecular flexibility index (Phi) is 3.05. The summed E-state index contributed by atoms with van der Waals surface area (Å²) < 4.78 is 0. The van der Waals surface area contributed by atoms with Gasteiger partial charge in [0, 0.05) is 6.61 Å². The molecule has 12 heavy (non-hydrogen) atoms. The fourth-order valence-corrected chi connectivity index (χ4v) is 1.69. The zero-order valence-corrected chi connectivity index (χ0v) is 7.05. The van der Waals surface area contributed by atoms with Gasteiger partial charge < -0.3 is 15.5 Å². The lowest BCUT2D eigenvalue weighted by Crippen LogP contribution is -2.47. The van der Waals surface area contributed by atoms with Crippen LogP contribution in [-0.4, -0.2) is 34.9 Å². The molecule has 0 amide bonds. The van der Waals surface area contributed by atoms with Crippen LogP contribution in [0, 0.1) is 0 Å². The fourth-order valence-electron chi connectivity index (χ4n) is 1.69. The third kappa shape index (κ3) is 1.76. The highest BCUT2D eigenvalue weighted by Gasteiger charge is 2.40. The summed E-state index contributed by atoms with van der Waals surface area (Å²) in [5.41, 5.74) is -0.747. The van der Waals surface area contributed by atoms with Crippen LogP contribution in [0.2, 0.25) is 0 Å². The van der Waals surface area contributed by atoms with Crippen molar-refractivity contribution in [3.63, 3.8) is 0 Å². The van der Waals surface area contributed by atoms with Crippen LogP contribution < -0.4 is 5.32 Å². The monoisotopic (exact) mass is 173 g/mol. The first-order valence-electron chi connectivity index (χ1n) is 4.30. The Morgan fingerprint density at radius 3 is 2.75 bits per heavy atom. The minimum absolute atomic E-state index is 0.0662. The van der Waals surface area contributed by atoms with Gasteiger partial charge >= 0.3 is 5.97 Å². The molecule has 1 aliphatic rings. The number of hydrogen-bond acceptors (Lipinski definition) is 3. The third-order valence-electron chi connectivity index (χ3n) is 2.41. The molecule has 0 bridgehead atoms. The maximum Gasteiger partial charge on any atom is 0.323 e. The molecule has 0 aliphatic carbocycles. The molecule has 0 aromatic heterocycles. The van der Waals surface area contributed by atoms with Crippen molar-refractivity contribution in [3.8, 4) is 0 Å². The van der Waals surface area contributed by atoms with Crippen LogP contribution in [0.15, 0.2) is 0 Å². The number of carboxylic acids is 1. The minimum Gasteiger partial charge on any atom is -0.480 e. The molecule has 0 aromatic rings. The predicted molar refractivity (Wildman–Crippen MR) is 43.9 cm³/mol. The van der Waals surface area contributed by atoms with E-state index in [4.69, 9.17) is 10.2 Å². The minimum atomic E-state index is -0.784. The first kappa shape index (κ1) is 9.48. The van der Waals surface area contributed by atoms with Crippen molar-refractivity contribution in [1.82, 2.24) is 5.32 Å². The molecule has 3 N–H and O–H groups in total. The van der Waals surface area contributed by atoms with E-state index in [1.54, 1.807) is 0 Å². The van der Waals surface area contributed by atoms with Crippen LogP contribution in [0.4, 0.5) is 0 Å². The smallest absolute Gasteiger partial charge is 0.323 e. The lowest BCUT2D eigenvalue weighted by molar-refractivity contribution is -0.144. The predicted octanol–water partition coefficient (Wildman–Crippen LogP) is -0.0343. The molecule has 1 fully saturated rings. The summed E-state index contributed by atoms with van der Waals surface area (Å²) in [4.78, 5) is 10.9. The molecule has 1 saturated heterocycles. The van der Waals surface area contributed by atoms with Gasteiger partial charge in [-0.1, -0.05) is 0 Å². The molecular formula is C8H15NO3. The zero-order chi connectivity index (χ0) is 9.03. The second-order valence-corrected chi connectivity index (χ2v) is 3.24. The van der Waals surface area contributed by atoms with Crippen LogP contribution in [0.3, 0.4) is 0 Å². The summed E-state index contributed by atoms with van der Waals surface area (Å²) in [7, 11) is 0. The largest absolute Gasteiger partial charge is 0.480 e. The molecule has 1 atom stereocenters. The number of aliphatic hydroxyl groups excluding tert-OH is 1. The molecule has 0 radical (unpaired) electrons. The summed E-state index contributed by atoms with van der Waals surface area (Å²) in [6, 6.07) is 0. The molecular weight excluding hydrogens is 158 g/mol. The highest BCUT2D eigenvalue weighted by Crippen LogP contribution is 2.24. The molecule has 4 nitrogen and oxygen atoms in total. The van der Waals surface area contributed by atoms with E-state index < -0.39 is 11.5 Å². The molecule has 1 rings (SSSR count). The number of aliphatic carboxylic acids is 1. The van der Waals surface area contributed by atoms with Gasteiger partial charge in [0.05, 0.1) is 0 Å². The summed E-state index contributed by atoms with van der Waals surface area (Å²) in [6.45, 7) is 0.842. The number of carbonyl (C=O) groups is 1. The lowest BCUT2D eigenvalue weighted by atomic mass is 9.92. The Bertz CT molecular complexity index is 164. The second-order valence-electron chi connectivity index (χ2n) is 3.24. The Labute approximate surface area is 71.6 Å². The number of hydrogen-bond donors (Lipinski definition) is 3. The molecule has 0 saturated carbocycles. The van der Waals surface area contributed by atoms with Gasteiger partial charge in [-0.25, -0.2) is 0 Å². The molecule has 70 valence electrons. The fraction of sp³-hybridized carbons (Fsp3) is 0.875. The SMILES string of the molecule is O=C(O)C1(CCCO)CCCN1. The summed E-state index contributed by atoms with van der Waals surface area (Å²) in [5.74, 6) is -0.784. The van der Waals surface area contributed by atoms with Gasteiger partial charge in [0.15, 0.2) is 0 Å². The quantitative estimate of drug-likeness (QED) is 0.558. The first-order chi connectivity index (χ1) is 5.71. The van der Waals surface area contributed by atoms with Crippen molar-refractivity contribution < 1.29 is 15.0 Å². The number of rotatable bonds is 4. The summed E-state index contributed by atoms with van der Waals surface area (Å²) in [6.07, 6.45) is 2.68. The Balaban J connectivity index is 2.53. The number of nitrogens with one attached hydrogen (secondary N) is 1. The molecule has 1 unspecified atom stereocenters. The van der Waals surface area contributed by atoms with E-state index in [0.717, 1.165) is 13.0 Å². The lowest BCUT2D eigenvalue weighted by Gasteiger charge is -2.23. The van der Waals surface area contributed by atoms with E-state index in [0.29, 0.717) is 19.3 Å². The van der Waals surface area contributed by atoms with E-state index in [2.05, 4.69) is 5.32 Å². The maximum absolute atomic E-state index is 10.9. The van der Waals surface area contributed by atoms with E-state index in [9.17, 15) is 4.79 Å². The highest BCUT2D eigenvalue weighted by molar-refractivity contribution is 5.79. The van der Waals surface area contributed by atoms with Crippen molar-refractivity contribution in [2.75, 3.05) is 13.2 Å². The average molecular weight is 173 g/mol. The zero-order valence-electron chi connectivity index (χ0n) is 7.05. The van der Waals surface area contributed by atoms with Gasteiger partial charge in [-0.05, 0) is 32.2 Å². The van der Waals surface area contributed by atoms with Gasteiger partial charge in [-0.15, -0.1) is 0 Å². The van der Waals surface area contributed by atoms with E-state index >= 15 is 0 Å². The van der Waals surface area contributed by atoms with Crippen LogP contribution in [0.5, 0.6) is 0 Å². The van der Waals surface area contributed by atoms with Gasteiger partial charge in [-0.3, -0.25) is 4.79 Å². The van der Waals surface area contributed by atoms with E-state index in [1.165, 1.54) is 0 Å². The number of carboxylic acid groups (broad SMARTS) is 1. The molecule has 0 spiro atoms. The van der Waals surface area contributed by atoms with Gasteiger partial charge in [-0.2, -0.15) is 0 Å². The summed E-state index contributed by atoms with van der Waals surface area (Å²) in [5, 5.41) is 20.5. The third-order valence-corrected chi connectivity index (χ3v) is 2.41. The number of aliphatic hydroxyl groups is 1. The van der Waals surface area contributed by atoms with Crippen molar-refractivity contribution in [2.45, 2.75) is 31.2 Å². The van der Waals surface area contributed by atoms with Gasteiger partial charge in [0.2, 0.25) is 0 Å². The topological polar surface area (TPSA) is 69.6 Å². The summed E-state index contributed by atoms with van der Waals surface area (Å²) >= 11 is 0. The Morgan fingerprint density at radius 1 is 1.58 bits per heavy atom. The Morgan fingerprint density at radius 2 is 2.33 bits per heavy atom. The first-order valence-corrected chi connectivity index (χ1v) is 4.30. The molecule has 0 aromatic carbocycles. The van der Waals surface area contributed by atoms with E-state index in [1.807, 2.05) is 0 Å². The van der Waals surface area contributed by atoms with Crippen molar-refractivity contribution in [2.24, 2.45) is 0 Å². The highest BCUT2D eigenvalue weighted by atomic mass is 16.4. The maximum atomic E-state index is 10.9. The van der Waals surface area contributed by atoms with Crippen LogP contribution >= 0.6 is 0 Å². The van der Waals surface area contributed by atoms with Crippen LogP contribution in [0.25, 0.3) is 0 Å². The normalized spacial score (nSPS) is 29.1. The molecule has 4 heteroatoms. The standard InChI is InChI=1S/C8H15NO3/c10-6-2-4-8(7(11)12)3-1-5-9-8/h9-10H,1-6H2,(H,11,12). The second kappa shape index (κ2) is 3.87. The van der Waals surface area contributed by atoms with Crippen molar-refractivity contribution in [1.29, 1.82) is 0 Å².